The first-order valence-corrected chi connectivity index (χ1v) is 5.36. The summed E-state index contributed by atoms with van der Waals surface area (Å²) in [7, 11) is 0. The van der Waals surface area contributed by atoms with Crippen LogP contribution in [0.3, 0.4) is 0 Å². The van der Waals surface area contributed by atoms with Crippen LogP contribution < -0.4 is 24.0 Å². The van der Waals surface area contributed by atoms with Crippen molar-refractivity contribution < 1.29 is 24.0 Å². The molecule has 0 heterocycles. The molecular weight excluding hydrogens is 238 g/mol. The zero-order valence-electron chi connectivity index (χ0n) is 6.49. The summed E-state index contributed by atoms with van der Waals surface area (Å²) >= 11 is 0.820. The van der Waals surface area contributed by atoms with E-state index in [0.717, 1.165) is 15.2 Å². The van der Waals surface area contributed by atoms with Gasteiger partial charge in [0.15, 0.2) is 0 Å². The molecule has 0 aromatic rings. The Morgan fingerprint density at radius 3 is 2.11 bits per heavy atom. The van der Waals surface area contributed by atoms with Crippen LogP contribution in [-0.4, -0.2) is 15.2 Å². The van der Waals surface area contributed by atoms with Gasteiger partial charge in [0.2, 0.25) is 0 Å². The molecule has 0 aromatic carbocycles. The average Bonchev–Trinajstić information content (AvgIpc) is 1.81. The third kappa shape index (κ3) is 12.5. The van der Waals surface area contributed by atoms with Crippen molar-refractivity contribution in [1.82, 2.24) is 0 Å². The Kier molecular flexibility index (Phi) is 17.2. The molecule has 0 saturated heterocycles. The molecule has 0 bridgehead atoms. The largest absolute Gasteiger partial charge is 1.00 e. The summed E-state index contributed by atoms with van der Waals surface area (Å²) < 4.78 is 0. The van der Waals surface area contributed by atoms with Gasteiger partial charge in [0.05, 0.1) is 0 Å². The minimum Gasteiger partial charge on any atom is -1.00 e. The van der Waals surface area contributed by atoms with Gasteiger partial charge in [0, 0.05) is 0 Å². The van der Waals surface area contributed by atoms with Crippen LogP contribution in [0.5, 0.6) is 0 Å². The molecular formula is C7H16AlI. The quantitative estimate of drug-likeness (QED) is 0.360. The second-order valence-electron chi connectivity index (χ2n) is 2.22. The standard InChI is InChI=1S/C4H9.C3H7.Al.HI/c1-3-4-2;1-3-2;;/h1,3-4H2,2H3;1,3H2,2H3;;1H/q;;+1;/p-1. The molecule has 0 unspecified atom stereocenters. The molecule has 2 heteroatoms. The third-order valence-electron chi connectivity index (χ3n) is 1.25. The molecule has 0 spiro atoms. The predicted octanol–water partition coefficient (Wildman–Crippen LogP) is -0.259. The molecule has 54 valence electrons. The second-order valence-corrected chi connectivity index (χ2v) is 3.95. The van der Waals surface area contributed by atoms with Gasteiger partial charge in [0.25, 0.3) is 0 Å². The van der Waals surface area contributed by atoms with E-state index in [9.17, 15) is 0 Å². The van der Waals surface area contributed by atoms with E-state index in [1.807, 2.05) is 0 Å². The Morgan fingerprint density at radius 1 is 1.00 bits per heavy atom. The Balaban J connectivity index is 0. The number of halogens is 1. The van der Waals surface area contributed by atoms with Crippen molar-refractivity contribution in [2.45, 2.75) is 43.7 Å². The van der Waals surface area contributed by atoms with Crippen LogP contribution >= 0.6 is 0 Å². The van der Waals surface area contributed by atoms with E-state index in [0.29, 0.717) is 0 Å². The summed E-state index contributed by atoms with van der Waals surface area (Å²) in [5, 5.41) is 3.05. The first-order valence-electron chi connectivity index (χ1n) is 3.73. The van der Waals surface area contributed by atoms with Gasteiger partial charge >= 0.3 is 58.9 Å². The van der Waals surface area contributed by atoms with Crippen molar-refractivity contribution in [2.75, 3.05) is 0 Å². The predicted molar refractivity (Wildman–Crippen MR) is 40.6 cm³/mol. The maximum atomic E-state index is 2.28. The van der Waals surface area contributed by atoms with E-state index < -0.39 is 0 Å². The van der Waals surface area contributed by atoms with Crippen molar-refractivity contribution >= 4 is 15.2 Å². The van der Waals surface area contributed by atoms with Crippen molar-refractivity contribution in [2.24, 2.45) is 0 Å². The summed E-state index contributed by atoms with van der Waals surface area (Å²) in [6.07, 6.45) is 4.26. The maximum absolute atomic E-state index is 2.28. The van der Waals surface area contributed by atoms with E-state index in [1.54, 1.807) is 0 Å². The van der Waals surface area contributed by atoms with Crippen LogP contribution in [0.25, 0.3) is 0 Å². The third-order valence-corrected chi connectivity index (χ3v) is 3.06. The second kappa shape index (κ2) is 12.0. The summed E-state index contributed by atoms with van der Waals surface area (Å²) in [5.74, 6) is 0. The molecule has 0 aliphatic carbocycles. The van der Waals surface area contributed by atoms with Crippen LogP contribution in [-0.2, 0) is 0 Å². The normalized spacial score (nSPS) is 7.78. The smallest absolute Gasteiger partial charge is 1.00 e. The Bertz CT molecular complexity index is 33.9. The first-order chi connectivity index (χ1) is 3.91. The fraction of sp³-hybridized carbons (Fsp3) is 1.00. The number of rotatable bonds is 5. The van der Waals surface area contributed by atoms with Crippen molar-refractivity contribution in [3.63, 3.8) is 0 Å². The minimum absolute atomic E-state index is 0. The molecule has 0 aliphatic rings. The molecule has 0 radical (unpaired) electrons. The number of unbranched alkanes of at least 4 members (excludes halogenated alkanes) is 1. The fourth-order valence-electron chi connectivity index (χ4n) is 0.697. The summed E-state index contributed by atoms with van der Waals surface area (Å²) in [6, 6.07) is 0. The van der Waals surface area contributed by atoms with Gasteiger partial charge in [-0.1, -0.05) is 0 Å². The Hall–Kier alpha value is 1.26. The Labute approximate surface area is 82.5 Å². The average molecular weight is 254 g/mol. The topological polar surface area (TPSA) is 0 Å². The molecule has 0 nitrogen and oxygen atoms in total. The molecule has 0 aliphatic heterocycles. The molecule has 0 aromatic heterocycles. The number of hydrogen-bond acceptors (Lipinski definition) is 0. The van der Waals surface area contributed by atoms with E-state index in [4.69, 9.17) is 0 Å². The van der Waals surface area contributed by atoms with Crippen molar-refractivity contribution in [3.05, 3.63) is 0 Å². The van der Waals surface area contributed by atoms with E-state index in [2.05, 4.69) is 13.8 Å². The SMILES string of the molecule is CCC[CH2][Al+][CH2]CC.[I-]. The molecule has 0 atom stereocenters. The van der Waals surface area contributed by atoms with Crippen LogP contribution in [0, 0.1) is 0 Å². The van der Waals surface area contributed by atoms with Gasteiger partial charge in [-0.3, -0.25) is 0 Å². The van der Waals surface area contributed by atoms with Gasteiger partial charge in [-0.15, -0.1) is 0 Å². The van der Waals surface area contributed by atoms with Crippen LogP contribution in [0.1, 0.15) is 33.1 Å². The first kappa shape index (κ1) is 12.9. The van der Waals surface area contributed by atoms with Crippen molar-refractivity contribution in [1.29, 1.82) is 0 Å². The summed E-state index contributed by atoms with van der Waals surface area (Å²) in [6.45, 7) is 4.55. The van der Waals surface area contributed by atoms with Crippen molar-refractivity contribution in [3.8, 4) is 0 Å². The van der Waals surface area contributed by atoms with E-state index >= 15 is 0 Å². The van der Waals surface area contributed by atoms with E-state index in [-0.39, 0.29) is 24.0 Å². The van der Waals surface area contributed by atoms with Crippen LogP contribution in [0.15, 0.2) is 0 Å². The minimum atomic E-state index is 0. The zero-order valence-corrected chi connectivity index (χ0v) is 9.80. The van der Waals surface area contributed by atoms with Gasteiger partial charge in [-0.25, -0.2) is 0 Å². The molecule has 0 fully saturated rings. The van der Waals surface area contributed by atoms with Crippen LogP contribution in [0.2, 0.25) is 10.6 Å². The van der Waals surface area contributed by atoms with Gasteiger partial charge in [0.1, 0.15) is 0 Å². The Morgan fingerprint density at radius 2 is 1.67 bits per heavy atom. The fourth-order valence-corrected chi connectivity index (χ4v) is 2.09. The van der Waals surface area contributed by atoms with Gasteiger partial charge in [-0.05, 0) is 0 Å². The molecule has 0 rings (SSSR count). The molecule has 0 saturated carbocycles. The molecule has 0 amide bonds. The molecule has 0 N–H and O–H groups in total. The number of hydrogen-bond donors (Lipinski definition) is 0. The van der Waals surface area contributed by atoms with Crippen LogP contribution in [0.4, 0.5) is 0 Å². The van der Waals surface area contributed by atoms with Gasteiger partial charge < -0.3 is 24.0 Å². The molecule has 9 heavy (non-hydrogen) atoms. The summed E-state index contributed by atoms with van der Waals surface area (Å²) in [4.78, 5) is 0. The zero-order chi connectivity index (χ0) is 6.24. The maximum Gasteiger partial charge on any atom is -1.00 e. The summed E-state index contributed by atoms with van der Waals surface area (Å²) in [5.41, 5.74) is 0. The van der Waals surface area contributed by atoms with Gasteiger partial charge in [-0.2, -0.15) is 0 Å². The monoisotopic (exact) mass is 254 g/mol. The van der Waals surface area contributed by atoms with E-state index in [1.165, 1.54) is 29.8 Å².